The summed E-state index contributed by atoms with van der Waals surface area (Å²) in [4.78, 5) is 46.2. The zero-order valence-electron chi connectivity index (χ0n) is 30.5. The van der Waals surface area contributed by atoms with Gasteiger partial charge in [0, 0.05) is 19.5 Å². The number of nitrogens with one attached hydrogen (secondary N) is 4. The molecule has 3 amide bonds. The molecule has 3 aliphatic carbocycles. The Morgan fingerprint density at radius 2 is 1.77 bits per heavy atom. The molecule has 11 nitrogen and oxygen atoms in total. The van der Waals surface area contributed by atoms with Crippen molar-refractivity contribution in [3.63, 3.8) is 0 Å². The van der Waals surface area contributed by atoms with Crippen molar-refractivity contribution >= 4 is 24.7 Å². The van der Waals surface area contributed by atoms with Crippen LogP contribution in [-0.4, -0.2) is 46.3 Å². The topological polar surface area (TPSA) is 136 Å². The Morgan fingerprint density at radius 1 is 1.04 bits per heavy atom. The van der Waals surface area contributed by atoms with Crippen LogP contribution in [-0.2, 0) is 38.9 Å². The van der Waals surface area contributed by atoms with Gasteiger partial charge in [-0.15, -0.1) is 0 Å². The molecule has 3 saturated carbocycles. The smallest absolute Gasteiger partial charge is 0.404 e. The van der Waals surface area contributed by atoms with Gasteiger partial charge < -0.3 is 30.6 Å². The number of alkyl halides is 3. The van der Waals surface area contributed by atoms with E-state index in [0.717, 1.165) is 30.5 Å². The molecular weight excluding hydrogens is 688 g/mol. The van der Waals surface area contributed by atoms with Crippen molar-refractivity contribution < 1.29 is 32.1 Å². The Balaban J connectivity index is 1.13. The van der Waals surface area contributed by atoms with Crippen LogP contribution < -0.4 is 26.8 Å². The number of rotatable bonds is 10. The molecule has 4 fully saturated rings. The summed E-state index contributed by atoms with van der Waals surface area (Å²) in [5.74, 6) is 0.0887. The predicted octanol–water partition coefficient (Wildman–Crippen LogP) is 5.70. The van der Waals surface area contributed by atoms with Crippen LogP contribution in [0.3, 0.4) is 0 Å². The van der Waals surface area contributed by atoms with Crippen LogP contribution >= 0.6 is 0 Å². The maximum absolute atomic E-state index is 14.3. The first-order chi connectivity index (χ1) is 25.0. The maximum Gasteiger partial charge on any atom is 0.481 e. The molecule has 2 bridgehead atoms. The molecule has 282 valence electrons. The summed E-state index contributed by atoms with van der Waals surface area (Å²) in [6.07, 6.45) is -0.842. The maximum atomic E-state index is 14.3. The summed E-state index contributed by atoms with van der Waals surface area (Å²) >= 11 is 0. The van der Waals surface area contributed by atoms with E-state index in [0.29, 0.717) is 23.8 Å². The van der Waals surface area contributed by atoms with Crippen LogP contribution in [0.2, 0.25) is 0 Å². The predicted molar refractivity (Wildman–Crippen MR) is 192 cm³/mol. The van der Waals surface area contributed by atoms with Gasteiger partial charge in [0.2, 0.25) is 5.91 Å². The Morgan fingerprint density at radius 3 is 2.47 bits per heavy atom. The quantitative estimate of drug-likeness (QED) is 0.197. The van der Waals surface area contributed by atoms with Gasteiger partial charge in [0.25, 0.3) is 5.56 Å². The van der Waals surface area contributed by atoms with Crippen molar-refractivity contribution in [3.8, 4) is 0 Å². The Kier molecular flexibility index (Phi) is 9.41. The fourth-order valence-corrected chi connectivity index (χ4v) is 8.86. The summed E-state index contributed by atoms with van der Waals surface area (Å²) in [5.41, 5.74) is -1.75. The zero-order valence-corrected chi connectivity index (χ0v) is 30.5. The summed E-state index contributed by atoms with van der Waals surface area (Å²) in [6, 6.07) is 12.6. The lowest BCUT2D eigenvalue weighted by molar-refractivity contribution is -0.185. The third-order valence-electron chi connectivity index (χ3n) is 12.1. The third-order valence-corrected chi connectivity index (χ3v) is 12.1. The van der Waals surface area contributed by atoms with E-state index in [9.17, 15) is 27.6 Å². The van der Waals surface area contributed by atoms with Gasteiger partial charge in [-0.2, -0.15) is 13.2 Å². The van der Waals surface area contributed by atoms with Crippen LogP contribution in [0.25, 0.3) is 0 Å². The SMILES string of the molecule is CC[C@H](NC(=O)[C@@H]1C[C@@](C)(NC(=O)NCc2ccccc2)c2ncc(NCc3cccc(C(F)(F)F)c3)c(=O)n21)B1OC2C3CC(C[C@]2(C)O1)C3(C)C. The number of amides is 3. The zero-order chi connectivity index (χ0) is 37.9. The minimum atomic E-state index is -4.52. The number of aromatic nitrogens is 2. The molecule has 7 atom stereocenters. The van der Waals surface area contributed by atoms with Crippen LogP contribution in [0.15, 0.2) is 65.6 Å². The molecular formula is C38H46BF3N6O5. The lowest BCUT2D eigenvalue weighted by Gasteiger charge is -2.63. The fourth-order valence-electron chi connectivity index (χ4n) is 8.86. The van der Waals surface area contributed by atoms with Gasteiger partial charge >= 0.3 is 19.3 Å². The van der Waals surface area contributed by atoms with Gasteiger partial charge in [0.05, 0.1) is 34.9 Å². The van der Waals surface area contributed by atoms with Crippen molar-refractivity contribution in [1.29, 1.82) is 0 Å². The first-order valence-electron chi connectivity index (χ1n) is 18.3. The monoisotopic (exact) mass is 734 g/mol. The number of anilines is 1. The second-order valence-corrected chi connectivity index (χ2v) is 16.0. The summed E-state index contributed by atoms with van der Waals surface area (Å²) in [7, 11) is -0.682. The second-order valence-electron chi connectivity index (χ2n) is 16.0. The number of halogens is 3. The summed E-state index contributed by atoms with van der Waals surface area (Å²) in [6.45, 7) is 10.4. The van der Waals surface area contributed by atoms with E-state index in [1.165, 1.54) is 22.9 Å². The highest BCUT2D eigenvalue weighted by Crippen LogP contribution is 2.64. The largest absolute Gasteiger partial charge is 0.481 e. The number of benzene rings is 2. The molecule has 0 radical (unpaired) electrons. The Hall–Kier alpha value is -4.37. The van der Waals surface area contributed by atoms with E-state index in [-0.39, 0.29) is 42.5 Å². The highest BCUT2D eigenvalue weighted by Gasteiger charge is 2.67. The van der Waals surface area contributed by atoms with E-state index < -0.39 is 59.5 Å². The number of fused-ring (bicyclic) bond motifs is 1. The van der Waals surface area contributed by atoms with E-state index in [1.807, 2.05) is 37.3 Å². The molecule has 15 heteroatoms. The highest BCUT2D eigenvalue weighted by atomic mass is 19.4. The van der Waals surface area contributed by atoms with Gasteiger partial charge in [-0.05, 0) is 73.6 Å². The van der Waals surface area contributed by atoms with E-state index >= 15 is 0 Å². The lowest BCUT2D eigenvalue weighted by Crippen LogP contribution is -2.63. The Bertz CT molecular complexity index is 1940. The van der Waals surface area contributed by atoms with Crippen molar-refractivity contribution in [2.75, 3.05) is 5.32 Å². The average Bonchev–Trinajstić information content (AvgIpc) is 3.63. The molecule has 8 rings (SSSR count). The number of hydrogen-bond donors (Lipinski definition) is 4. The molecule has 53 heavy (non-hydrogen) atoms. The molecule has 2 aromatic carbocycles. The first-order valence-corrected chi connectivity index (χ1v) is 18.3. The summed E-state index contributed by atoms with van der Waals surface area (Å²) < 4.78 is 54.5. The molecule has 1 saturated heterocycles. The molecule has 2 aliphatic heterocycles. The molecule has 3 heterocycles. The number of nitrogens with zero attached hydrogens (tertiary/aromatic N) is 2. The minimum absolute atomic E-state index is 0.00477. The number of carbonyl (C=O) groups is 2. The van der Waals surface area contributed by atoms with Gasteiger partial charge in [-0.3, -0.25) is 14.2 Å². The van der Waals surface area contributed by atoms with Crippen LogP contribution in [0.1, 0.15) is 88.9 Å². The van der Waals surface area contributed by atoms with Crippen molar-refractivity contribution in [2.45, 2.75) is 109 Å². The van der Waals surface area contributed by atoms with E-state index in [2.05, 4.69) is 47.0 Å². The standard InChI is InChI=1S/C38H46BF3N6O5/c1-6-29(39-52-30-26-16-25(35(26,2)3)17-37(30,5)53-39)46-31(49)28-18-36(4,47-34(51)45-19-22-11-8-7-9-12-22)33-44-21-27(32(50)48(28)33)43-20-23-13-10-14-24(15-23)38(40,41)42/h7-15,21,25-26,28-30,43H,6,16-20H2,1-5H3,(H,46,49)(H2,45,47,51)/t25?,26?,28-,29-,30?,36+,37-/m0/s1. The van der Waals surface area contributed by atoms with Crippen LogP contribution in [0, 0.1) is 17.3 Å². The lowest BCUT2D eigenvalue weighted by atomic mass is 9.45. The number of urea groups is 1. The normalized spacial score (nSPS) is 28.6. The average molecular weight is 735 g/mol. The molecule has 3 unspecified atom stereocenters. The first kappa shape index (κ1) is 37.0. The van der Waals surface area contributed by atoms with E-state index in [4.69, 9.17) is 9.31 Å². The van der Waals surface area contributed by atoms with Crippen molar-refractivity contribution in [3.05, 3.63) is 93.7 Å². The minimum Gasteiger partial charge on any atom is -0.404 e. The van der Waals surface area contributed by atoms with Gasteiger partial charge in [-0.1, -0.05) is 63.2 Å². The van der Waals surface area contributed by atoms with Crippen LogP contribution in [0.5, 0.6) is 0 Å². The highest BCUT2D eigenvalue weighted by molar-refractivity contribution is 6.47. The number of hydrogen-bond acceptors (Lipinski definition) is 7. The van der Waals surface area contributed by atoms with Crippen molar-refractivity contribution in [1.82, 2.24) is 25.5 Å². The van der Waals surface area contributed by atoms with Gasteiger partial charge in [0.15, 0.2) is 0 Å². The molecule has 1 aromatic heterocycles. The second kappa shape index (κ2) is 13.5. The molecule has 0 spiro atoms. The van der Waals surface area contributed by atoms with E-state index in [1.54, 1.807) is 6.92 Å². The van der Waals surface area contributed by atoms with Crippen LogP contribution in [0.4, 0.5) is 23.7 Å². The molecule has 5 aliphatic rings. The Labute approximate surface area is 307 Å². The third kappa shape index (κ3) is 6.82. The molecule has 4 N–H and O–H groups in total. The molecule has 3 aromatic rings. The fraction of sp³-hybridized carbons (Fsp3) is 0.526. The van der Waals surface area contributed by atoms with Crippen molar-refractivity contribution in [2.24, 2.45) is 17.3 Å². The number of carbonyl (C=O) groups excluding carboxylic acids is 2. The van der Waals surface area contributed by atoms with Gasteiger partial charge in [0.1, 0.15) is 17.6 Å². The van der Waals surface area contributed by atoms with Gasteiger partial charge in [-0.25, -0.2) is 9.78 Å². The summed E-state index contributed by atoms with van der Waals surface area (Å²) in [5, 5.41) is 11.8.